The number of aryl methyl sites for hydroxylation is 1. The Balaban J connectivity index is 2.36. The maximum atomic E-state index is 12.6. The summed E-state index contributed by atoms with van der Waals surface area (Å²) in [6.45, 7) is 1.29. The van der Waals surface area contributed by atoms with Gasteiger partial charge in [-0.25, -0.2) is 13.2 Å². The molecule has 0 aliphatic carbocycles. The van der Waals surface area contributed by atoms with Crippen molar-refractivity contribution in [3.63, 3.8) is 0 Å². The number of rotatable bonds is 3. The van der Waals surface area contributed by atoms with Crippen LogP contribution in [0.25, 0.3) is 11.0 Å². The third-order valence-electron chi connectivity index (χ3n) is 3.52. The molecule has 0 aliphatic heterocycles. The van der Waals surface area contributed by atoms with Crippen LogP contribution < -0.4 is 5.63 Å². The summed E-state index contributed by atoms with van der Waals surface area (Å²) in [5, 5.41) is 9.75. The molecule has 6 nitrogen and oxygen atoms in total. The fourth-order valence-electron chi connectivity index (χ4n) is 2.30. The van der Waals surface area contributed by atoms with Crippen molar-refractivity contribution in [2.75, 3.05) is 0 Å². The van der Waals surface area contributed by atoms with Crippen LogP contribution in [0.15, 0.2) is 61.6 Å². The molecule has 3 rings (SSSR count). The van der Waals surface area contributed by atoms with E-state index in [1.807, 2.05) is 0 Å². The first-order valence-electron chi connectivity index (χ1n) is 6.78. The average molecular weight is 331 g/mol. The molecule has 3 aromatic rings. The van der Waals surface area contributed by atoms with E-state index in [-0.39, 0.29) is 17.1 Å². The zero-order valence-corrected chi connectivity index (χ0v) is 13.0. The Labute approximate surface area is 132 Å². The molecule has 2 aromatic heterocycles. The van der Waals surface area contributed by atoms with Crippen molar-refractivity contribution in [3.8, 4) is 0 Å². The Morgan fingerprint density at radius 3 is 2.57 bits per heavy atom. The highest BCUT2D eigenvalue weighted by molar-refractivity contribution is 7.91. The molecule has 0 saturated carbocycles. The first-order valence-corrected chi connectivity index (χ1v) is 8.27. The van der Waals surface area contributed by atoms with Crippen molar-refractivity contribution in [2.24, 2.45) is 0 Å². The third kappa shape index (κ3) is 2.54. The average Bonchev–Trinajstić information content (AvgIpc) is 2.56. The molecule has 0 aliphatic rings. The number of sulfone groups is 1. The molecule has 0 atom stereocenters. The minimum Gasteiger partial charge on any atom is -0.420 e. The molecule has 1 aromatic carbocycles. The molecule has 0 fully saturated rings. The van der Waals surface area contributed by atoms with Crippen LogP contribution >= 0.6 is 0 Å². The van der Waals surface area contributed by atoms with E-state index < -0.39 is 20.4 Å². The predicted octanol–water partition coefficient (Wildman–Crippen LogP) is 1.82. The van der Waals surface area contributed by atoms with Crippen LogP contribution in [0, 0.1) is 6.92 Å². The number of aliphatic hydroxyl groups excluding tert-OH is 1. The molecule has 0 unspecified atom stereocenters. The Bertz CT molecular complexity index is 1040. The van der Waals surface area contributed by atoms with Gasteiger partial charge in [-0.05, 0) is 25.1 Å². The highest BCUT2D eigenvalue weighted by atomic mass is 32.2. The van der Waals surface area contributed by atoms with Crippen LogP contribution in [0.3, 0.4) is 0 Å². The minimum atomic E-state index is -4.01. The van der Waals surface area contributed by atoms with Gasteiger partial charge in [-0.2, -0.15) is 0 Å². The van der Waals surface area contributed by atoms with Gasteiger partial charge in [0.1, 0.15) is 0 Å². The highest BCUT2D eigenvalue weighted by Gasteiger charge is 2.24. The van der Waals surface area contributed by atoms with E-state index in [2.05, 4.69) is 4.98 Å². The van der Waals surface area contributed by atoms with Crippen LogP contribution in [0.5, 0.6) is 0 Å². The SMILES string of the molecule is Cc1ncc(CO)c2cc(S(=O)(=O)c3ccccc3)c(=O)oc12. The van der Waals surface area contributed by atoms with Gasteiger partial charge in [0.25, 0.3) is 0 Å². The summed E-state index contributed by atoms with van der Waals surface area (Å²) in [5.41, 5.74) is 0.0479. The van der Waals surface area contributed by atoms with E-state index in [1.165, 1.54) is 24.4 Å². The lowest BCUT2D eigenvalue weighted by atomic mass is 10.1. The molecule has 2 heterocycles. The topological polar surface area (TPSA) is 97.5 Å². The largest absolute Gasteiger partial charge is 0.420 e. The van der Waals surface area contributed by atoms with E-state index >= 15 is 0 Å². The van der Waals surface area contributed by atoms with E-state index in [4.69, 9.17) is 4.42 Å². The van der Waals surface area contributed by atoms with Gasteiger partial charge in [-0.15, -0.1) is 0 Å². The summed E-state index contributed by atoms with van der Waals surface area (Å²) in [6, 6.07) is 8.88. The van der Waals surface area contributed by atoms with Crippen molar-refractivity contribution >= 4 is 20.8 Å². The maximum absolute atomic E-state index is 12.6. The monoisotopic (exact) mass is 331 g/mol. The van der Waals surface area contributed by atoms with Gasteiger partial charge in [-0.3, -0.25) is 4.98 Å². The molecule has 23 heavy (non-hydrogen) atoms. The summed E-state index contributed by atoms with van der Waals surface area (Å²) in [4.78, 5) is 15.7. The normalized spacial score (nSPS) is 11.7. The fourth-order valence-corrected chi connectivity index (χ4v) is 3.61. The molecule has 0 spiro atoms. The van der Waals surface area contributed by atoms with Crippen molar-refractivity contribution in [1.29, 1.82) is 0 Å². The standard InChI is InChI=1S/C16H13NO5S/c1-10-15-13(11(9-18)8-17-10)7-14(16(19)22-15)23(20,21)12-5-3-2-4-6-12/h2-8,18H,9H2,1H3. The van der Waals surface area contributed by atoms with Crippen molar-refractivity contribution in [1.82, 2.24) is 4.98 Å². The molecule has 0 saturated heterocycles. The smallest absolute Gasteiger partial charge is 0.355 e. The summed E-state index contributed by atoms with van der Waals surface area (Å²) in [6.07, 6.45) is 1.43. The second kappa shape index (κ2) is 5.60. The molecular formula is C16H13NO5S. The van der Waals surface area contributed by atoms with Gasteiger partial charge in [0.05, 0.1) is 17.2 Å². The second-order valence-electron chi connectivity index (χ2n) is 4.98. The number of hydrogen-bond donors (Lipinski definition) is 1. The van der Waals surface area contributed by atoms with E-state index in [0.717, 1.165) is 0 Å². The Morgan fingerprint density at radius 1 is 1.22 bits per heavy atom. The maximum Gasteiger partial charge on any atom is 0.355 e. The Morgan fingerprint density at radius 2 is 1.91 bits per heavy atom. The van der Waals surface area contributed by atoms with Crippen molar-refractivity contribution in [3.05, 3.63) is 64.3 Å². The molecule has 0 radical (unpaired) electrons. The number of pyridine rings is 1. The van der Waals surface area contributed by atoms with Gasteiger partial charge >= 0.3 is 5.63 Å². The third-order valence-corrected chi connectivity index (χ3v) is 5.27. The van der Waals surface area contributed by atoms with Gasteiger partial charge in [0, 0.05) is 17.1 Å². The van der Waals surface area contributed by atoms with Crippen LogP contribution in [0.1, 0.15) is 11.3 Å². The fraction of sp³-hybridized carbons (Fsp3) is 0.125. The van der Waals surface area contributed by atoms with Crippen LogP contribution in [0.4, 0.5) is 0 Å². The molecule has 1 N–H and O–H groups in total. The quantitative estimate of drug-likeness (QED) is 0.786. The number of fused-ring (bicyclic) bond motifs is 1. The minimum absolute atomic E-state index is 0.00276. The number of hydrogen-bond acceptors (Lipinski definition) is 6. The first-order chi connectivity index (χ1) is 10.9. The van der Waals surface area contributed by atoms with Crippen molar-refractivity contribution in [2.45, 2.75) is 23.3 Å². The molecule has 0 bridgehead atoms. The van der Waals surface area contributed by atoms with Crippen LogP contribution in [-0.2, 0) is 16.4 Å². The van der Waals surface area contributed by atoms with Gasteiger partial charge in [0.15, 0.2) is 10.5 Å². The molecule has 118 valence electrons. The highest BCUT2D eigenvalue weighted by Crippen LogP contribution is 2.25. The van der Waals surface area contributed by atoms with Gasteiger partial charge in [0.2, 0.25) is 9.84 Å². The van der Waals surface area contributed by atoms with Gasteiger partial charge < -0.3 is 9.52 Å². The lowest BCUT2D eigenvalue weighted by molar-refractivity contribution is 0.282. The summed E-state index contributed by atoms with van der Waals surface area (Å²) in [7, 11) is -4.01. The number of benzene rings is 1. The molecule has 0 amide bonds. The number of aromatic nitrogens is 1. The Hall–Kier alpha value is -2.51. The van der Waals surface area contributed by atoms with E-state index in [9.17, 15) is 18.3 Å². The van der Waals surface area contributed by atoms with Gasteiger partial charge in [-0.1, -0.05) is 18.2 Å². The zero-order chi connectivity index (χ0) is 16.6. The van der Waals surface area contributed by atoms with Crippen LogP contribution in [0.2, 0.25) is 0 Å². The summed E-state index contributed by atoms with van der Waals surface area (Å²) >= 11 is 0. The van der Waals surface area contributed by atoms with Crippen LogP contribution in [-0.4, -0.2) is 18.5 Å². The van der Waals surface area contributed by atoms with E-state index in [0.29, 0.717) is 16.6 Å². The zero-order valence-electron chi connectivity index (χ0n) is 12.2. The molecular weight excluding hydrogens is 318 g/mol. The number of nitrogens with zero attached hydrogens (tertiary/aromatic N) is 1. The Kier molecular flexibility index (Phi) is 3.75. The lowest BCUT2D eigenvalue weighted by Gasteiger charge is -2.08. The summed E-state index contributed by atoms with van der Waals surface area (Å²) < 4.78 is 30.5. The predicted molar refractivity (Wildman–Crippen MR) is 82.8 cm³/mol. The van der Waals surface area contributed by atoms with E-state index in [1.54, 1.807) is 25.1 Å². The van der Waals surface area contributed by atoms with Crippen molar-refractivity contribution < 1.29 is 17.9 Å². The number of aliphatic hydroxyl groups is 1. The summed E-state index contributed by atoms with van der Waals surface area (Å²) in [5.74, 6) is 0. The second-order valence-corrected chi connectivity index (χ2v) is 6.90. The first kappa shape index (κ1) is 15.4. The lowest BCUT2D eigenvalue weighted by Crippen LogP contribution is -2.15. The molecule has 7 heteroatoms.